The minimum Gasteiger partial charge on any atom is -0.394 e. The molecule has 15 rings (SSSR count). The Balaban J connectivity index is 0.000000137. The maximum atomic E-state index is 12.9. The summed E-state index contributed by atoms with van der Waals surface area (Å²) in [5, 5.41) is 48.0. The lowest BCUT2D eigenvalue weighted by molar-refractivity contribution is 0.159. The lowest BCUT2D eigenvalue weighted by Gasteiger charge is -2.20. The Labute approximate surface area is 602 Å². The largest absolute Gasteiger partial charge is 0.394 e. The molecule has 12 atom stereocenters. The Hall–Kier alpha value is -7.92. The van der Waals surface area contributed by atoms with Gasteiger partial charge in [-0.05, 0) is 238 Å². The lowest BCUT2D eigenvalue weighted by Crippen LogP contribution is -2.32. The summed E-state index contributed by atoms with van der Waals surface area (Å²) in [7, 11) is 0. The third-order valence-corrected chi connectivity index (χ3v) is 23.6. The van der Waals surface area contributed by atoms with Gasteiger partial charge in [-0.25, -0.2) is 29.3 Å². The minimum absolute atomic E-state index is 0.0141. The van der Waals surface area contributed by atoms with Gasteiger partial charge in [0, 0.05) is 90.7 Å². The van der Waals surface area contributed by atoms with E-state index in [4.69, 9.17) is 29.2 Å². The number of anilines is 6. The molecule has 21 nitrogen and oxygen atoms in total. The van der Waals surface area contributed by atoms with Crippen LogP contribution in [-0.2, 0) is 30.5 Å². The number of hydrogen-bond donors (Lipinski definition) is 9. The van der Waals surface area contributed by atoms with E-state index in [-0.39, 0.29) is 72.3 Å². The number of aromatic nitrogens is 3. The van der Waals surface area contributed by atoms with Crippen molar-refractivity contribution in [1.82, 2.24) is 29.7 Å². The number of benzene rings is 3. The third-order valence-electron chi connectivity index (χ3n) is 23.6. The number of pyridine rings is 3. The van der Waals surface area contributed by atoms with E-state index in [1.165, 1.54) is 0 Å². The van der Waals surface area contributed by atoms with E-state index >= 15 is 0 Å². The van der Waals surface area contributed by atoms with E-state index in [1.54, 1.807) is 0 Å². The molecule has 3 aromatic carbocycles. The van der Waals surface area contributed by atoms with Crippen LogP contribution in [0.5, 0.6) is 0 Å². The van der Waals surface area contributed by atoms with Gasteiger partial charge in [-0.1, -0.05) is 58.2 Å². The Morgan fingerprint density at radius 2 is 0.735 bits per heavy atom. The monoisotopic (exact) mass is 1390 g/mol. The molecular formula is C81H108N12O9. The van der Waals surface area contributed by atoms with Crippen LogP contribution in [0.15, 0.2) is 91.0 Å². The second-order valence-electron chi connectivity index (χ2n) is 31.2. The molecule has 546 valence electrons. The molecule has 2 unspecified atom stereocenters. The zero-order valence-electron chi connectivity index (χ0n) is 61.3. The van der Waals surface area contributed by atoms with Crippen molar-refractivity contribution in [2.45, 2.75) is 154 Å². The summed E-state index contributed by atoms with van der Waals surface area (Å²) in [6, 6.07) is 30.6. The number of amides is 6. The van der Waals surface area contributed by atoms with E-state index < -0.39 is 0 Å². The molecule has 6 aliphatic heterocycles. The first-order valence-electron chi connectivity index (χ1n) is 37.7. The first-order valence-corrected chi connectivity index (χ1v) is 37.7. The molecule has 6 aromatic rings. The number of nitrogens with one attached hydrogen (secondary N) is 6. The van der Waals surface area contributed by atoms with E-state index in [9.17, 15) is 29.7 Å². The number of carbonyl (C=O) groups excluding carboxylic acids is 3. The van der Waals surface area contributed by atoms with Crippen LogP contribution in [0.4, 0.5) is 48.9 Å². The summed E-state index contributed by atoms with van der Waals surface area (Å²) in [5.41, 5.74) is 15.4. The predicted molar refractivity (Wildman–Crippen MR) is 403 cm³/mol. The number of nitrogens with zero attached hydrogens (tertiary/aromatic N) is 6. The first kappa shape index (κ1) is 72.4. The molecule has 9 aliphatic rings. The Morgan fingerprint density at radius 3 is 0.961 bits per heavy atom. The van der Waals surface area contributed by atoms with Gasteiger partial charge < -0.3 is 76.1 Å². The van der Waals surface area contributed by atoms with Crippen LogP contribution in [0.3, 0.4) is 0 Å². The average Bonchev–Trinajstić information content (AvgIpc) is 1.57. The van der Waals surface area contributed by atoms with Gasteiger partial charge in [0.1, 0.15) is 17.5 Å². The van der Waals surface area contributed by atoms with Crippen molar-refractivity contribution < 1.29 is 43.9 Å². The predicted octanol–water partition coefficient (Wildman–Crippen LogP) is 13.2. The van der Waals surface area contributed by atoms with Crippen LogP contribution in [0.1, 0.15) is 133 Å². The van der Waals surface area contributed by atoms with Crippen molar-refractivity contribution >= 4 is 52.6 Å². The molecule has 9 N–H and O–H groups in total. The van der Waals surface area contributed by atoms with E-state index in [0.717, 1.165) is 219 Å². The van der Waals surface area contributed by atoms with Crippen LogP contribution >= 0.6 is 0 Å². The van der Waals surface area contributed by atoms with Gasteiger partial charge in [0.25, 0.3) is 0 Å². The van der Waals surface area contributed by atoms with Gasteiger partial charge in [0.15, 0.2) is 0 Å². The molecule has 0 bridgehead atoms. The number of ether oxygens (including phenoxy) is 3. The SMILES string of the molecule is CC[C@@H]1CCN(C(=O)Nc2ccc(C)c(-c3cc(N[C@H](C)CO)nc(C45COCC4C5)c3)c2)C1.CC[C@@H]1CCN(C(=O)Nc2ccc(C)c(-c3cc(N[C@H](C)CO)nc([C@@]45COC[C@@H]4C5)c3)c2)C1.CC[C@@H]1CCN(C(=O)Nc2ccc(C)c(-c3cc(N[C@H](C)CO)nc([C@]45COC[C@H]4C5)c3)c2)C1. The fourth-order valence-corrected chi connectivity index (χ4v) is 16.3. The first-order chi connectivity index (χ1) is 49.2. The van der Waals surface area contributed by atoms with Crippen molar-refractivity contribution in [2.24, 2.45) is 35.5 Å². The van der Waals surface area contributed by atoms with E-state index in [1.807, 2.05) is 71.9 Å². The highest BCUT2D eigenvalue weighted by Gasteiger charge is 2.62. The van der Waals surface area contributed by atoms with Crippen LogP contribution in [0.25, 0.3) is 33.4 Å². The normalized spacial score (nSPS) is 26.3. The number of carbonyl (C=O) groups is 3. The molecule has 102 heavy (non-hydrogen) atoms. The molecule has 3 aliphatic carbocycles. The van der Waals surface area contributed by atoms with Crippen LogP contribution in [0.2, 0.25) is 0 Å². The van der Waals surface area contributed by atoms with Crippen LogP contribution in [0, 0.1) is 56.3 Å². The number of hydrogen-bond acceptors (Lipinski definition) is 15. The summed E-state index contributed by atoms with van der Waals surface area (Å²) in [5.74, 6) is 5.71. The third kappa shape index (κ3) is 15.8. The summed E-state index contributed by atoms with van der Waals surface area (Å²) < 4.78 is 17.3. The van der Waals surface area contributed by atoms with Crippen molar-refractivity contribution in [2.75, 3.05) is 131 Å². The zero-order valence-corrected chi connectivity index (χ0v) is 61.3. The topological polar surface area (TPSA) is 260 Å². The molecule has 3 saturated carbocycles. The number of fused-ring (bicyclic) bond motifs is 3. The highest BCUT2D eigenvalue weighted by Crippen LogP contribution is 2.60. The van der Waals surface area contributed by atoms with Crippen molar-refractivity contribution in [3.63, 3.8) is 0 Å². The second-order valence-corrected chi connectivity index (χ2v) is 31.2. The number of rotatable bonds is 21. The molecule has 9 heterocycles. The number of aryl methyl sites for hydroxylation is 3. The Morgan fingerprint density at radius 1 is 0.451 bits per heavy atom. The summed E-state index contributed by atoms with van der Waals surface area (Å²) in [6.07, 6.45) is 9.92. The van der Waals surface area contributed by atoms with Crippen LogP contribution < -0.4 is 31.9 Å². The molecule has 6 saturated heterocycles. The summed E-state index contributed by atoms with van der Waals surface area (Å²) in [6.45, 7) is 28.3. The molecule has 3 aromatic heterocycles. The fourth-order valence-electron chi connectivity index (χ4n) is 16.3. The summed E-state index contributed by atoms with van der Waals surface area (Å²) >= 11 is 0. The molecule has 9 fully saturated rings. The number of aliphatic hydroxyl groups is 3. The Bertz CT molecular complexity index is 3620. The minimum atomic E-state index is -0.0953. The highest BCUT2D eigenvalue weighted by atomic mass is 16.5. The molecule has 0 spiro atoms. The standard InChI is InChI=1S/3C27H36N4O3/c3*1-4-19-7-8-31(13-19)26(33)29-22-6-5-17(2)23(11-22)20-9-24(27-12-21(27)15-34-16-27)30-25(10-20)28-18(3)14-32/h3*5-6,9-11,18-19,21,32H,4,7-8,12-16H2,1-3H3,(H,28,30)(H,29,33)/t18-,19-,21?,27?;18-,19-,21+,27+;18-,19-,21-,27-/m111/s1. The Kier molecular flexibility index (Phi) is 21.9. The van der Waals surface area contributed by atoms with Crippen molar-refractivity contribution in [3.8, 4) is 33.4 Å². The van der Waals surface area contributed by atoms with Crippen molar-refractivity contribution in [3.05, 3.63) is 125 Å². The zero-order chi connectivity index (χ0) is 71.6. The highest BCUT2D eigenvalue weighted by molar-refractivity contribution is 5.93. The fraction of sp³-hybridized carbons (Fsp3) is 0.556. The van der Waals surface area contributed by atoms with Gasteiger partial charge in [0.05, 0.1) is 76.5 Å². The maximum Gasteiger partial charge on any atom is 0.321 e. The quantitative estimate of drug-likeness (QED) is 0.0325. The average molecular weight is 1390 g/mol. The van der Waals surface area contributed by atoms with E-state index in [0.29, 0.717) is 55.3 Å². The smallest absolute Gasteiger partial charge is 0.321 e. The molecule has 21 heteroatoms. The lowest BCUT2D eigenvalue weighted by atomic mass is 9.95. The van der Waals surface area contributed by atoms with E-state index in [2.05, 4.69) is 128 Å². The summed E-state index contributed by atoms with van der Waals surface area (Å²) in [4.78, 5) is 59.1. The van der Waals surface area contributed by atoms with Crippen LogP contribution in [-0.4, -0.2) is 180 Å². The maximum absolute atomic E-state index is 12.9. The van der Waals surface area contributed by atoms with Gasteiger partial charge in [-0.2, -0.15) is 0 Å². The number of aliphatic hydroxyl groups excluding tert-OH is 3. The van der Waals surface area contributed by atoms with Gasteiger partial charge in [0.2, 0.25) is 0 Å². The molecule has 0 radical (unpaired) electrons. The molecule has 6 amide bonds. The number of urea groups is 3. The van der Waals surface area contributed by atoms with Crippen molar-refractivity contribution in [1.29, 1.82) is 0 Å². The van der Waals surface area contributed by atoms with Gasteiger partial charge >= 0.3 is 18.1 Å². The van der Waals surface area contributed by atoms with Gasteiger partial charge in [-0.15, -0.1) is 0 Å². The number of likely N-dealkylation sites (tertiary alicyclic amines) is 3. The second kappa shape index (κ2) is 30.8. The molecular weight excluding hydrogens is 1280 g/mol. The van der Waals surface area contributed by atoms with Gasteiger partial charge in [-0.3, -0.25) is 0 Å².